The van der Waals surface area contributed by atoms with Crippen LogP contribution < -0.4 is 10.6 Å². The molecule has 2 heterocycles. The summed E-state index contributed by atoms with van der Waals surface area (Å²) in [5, 5.41) is 0. The molecule has 0 radical (unpaired) electrons. The zero-order chi connectivity index (χ0) is 15.5. The average Bonchev–Trinajstić information content (AvgIpc) is 2.99. The van der Waals surface area contributed by atoms with E-state index in [1.165, 1.54) is 5.69 Å². The summed E-state index contributed by atoms with van der Waals surface area (Å²) in [5.41, 5.74) is 7.66. The van der Waals surface area contributed by atoms with Crippen LogP contribution in [-0.4, -0.2) is 39.5 Å². The van der Waals surface area contributed by atoms with Gasteiger partial charge in [0.25, 0.3) is 0 Å². The van der Waals surface area contributed by atoms with Crippen molar-refractivity contribution in [3.8, 4) is 0 Å². The molecule has 2 aliphatic heterocycles. The Kier molecular flexibility index (Phi) is 5.19. The maximum absolute atomic E-state index is 5.69. The lowest BCUT2D eigenvalue weighted by molar-refractivity contribution is -0.137. The Hall–Kier alpha value is -0.753. The van der Waals surface area contributed by atoms with Gasteiger partial charge in [-0.15, -0.1) is 0 Å². The van der Waals surface area contributed by atoms with E-state index in [-0.39, 0.29) is 5.79 Å². The highest BCUT2D eigenvalue weighted by atomic mass is 35.6. The van der Waals surface area contributed by atoms with Crippen molar-refractivity contribution in [3.63, 3.8) is 0 Å². The van der Waals surface area contributed by atoms with Crippen molar-refractivity contribution in [2.24, 2.45) is 0 Å². The van der Waals surface area contributed by atoms with Gasteiger partial charge in [0.15, 0.2) is 5.79 Å². The van der Waals surface area contributed by atoms with Crippen molar-refractivity contribution < 1.29 is 9.47 Å². The number of hydrogen-bond donors (Lipinski definition) is 1. The fourth-order valence-corrected chi connectivity index (χ4v) is 2.39. The molecule has 1 aromatic carbocycles. The van der Waals surface area contributed by atoms with E-state index in [1.807, 2.05) is 24.3 Å². The second-order valence-corrected chi connectivity index (χ2v) is 14.0. The summed E-state index contributed by atoms with van der Waals surface area (Å²) in [6, 6.07) is 7.94. The van der Waals surface area contributed by atoms with E-state index in [0.29, 0.717) is 0 Å². The number of hydrogen-bond acceptors (Lipinski definition) is 4. The van der Waals surface area contributed by atoms with Crippen LogP contribution in [0.5, 0.6) is 0 Å². The number of nitrogens with two attached hydrogens (primary N) is 1. The van der Waals surface area contributed by atoms with Gasteiger partial charge in [-0.3, -0.25) is 0 Å². The number of nitrogens with zero attached hydrogens (tertiary/aromatic N) is 1. The van der Waals surface area contributed by atoms with Crippen LogP contribution in [0.2, 0.25) is 19.6 Å². The molecule has 21 heavy (non-hydrogen) atoms. The minimum absolute atomic E-state index is 0.346. The van der Waals surface area contributed by atoms with Gasteiger partial charge in [0.05, 0.1) is 19.8 Å². The van der Waals surface area contributed by atoms with E-state index in [0.717, 1.165) is 38.4 Å². The Morgan fingerprint density at radius 2 is 1.67 bits per heavy atom. The molecule has 0 aliphatic carbocycles. The van der Waals surface area contributed by atoms with Gasteiger partial charge in [0.2, 0.25) is 0 Å². The van der Waals surface area contributed by atoms with E-state index < -0.39 is 7.38 Å². The highest BCUT2D eigenvalue weighted by Gasteiger charge is 2.43. The summed E-state index contributed by atoms with van der Waals surface area (Å²) in [4.78, 5) is 2.28. The number of benzene rings is 1. The fourth-order valence-electron chi connectivity index (χ4n) is 2.39. The molecule has 118 valence electrons. The third-order valence-corrected chi connectivity index (χ3v) is 3.27. The normalized spacial score (nSPS) is 20.5. The summed E-state index contributed by atoms with van der Waals surface area (Å²) in [6.07, 6.45) is 0.942. The summed E-state index contributed by atoms with van der Waals surface area (Å²) in [5.74, 6) is -0.346. The second-order valence-electron chi connectivity index (χ2n) is 6.44. The molecule has 0 unspecified atom stereocenters. The third-order valence-electron chi connectivity index (χ3n) is 3.27. The average molecular weight is 329 g/mol. The lowest BCUT2D eigenvalue weighted by Gasteiger charge is -2.23. The van der Waals surface area contributed by atoms with E-state index in [1.54, 1.807) is 0 Å². The maximum atomic E-state index is 5.69. The Balaban J connectivity index is 0.000000282. The molecule has 2 fully saturated rings. The first-order chi connectivity index (χ1) is 9.77. The SMILES string of the molecule is C[Si](C)(C)Cl.Nc1ccc(N2CCC3(C2)OCCO3)cc1. The zero-order valence-electron chi connectivity index (χ0n) is 13.1. The lowest BCUT2D eigenvalue weighted by atomic mass is 10.2. The maximum Gasteiger partial charge on any atom is 0.187 e. The molecule has 1 aromatic rings. The van der Waals surface area contributed by atoms with E-state index in [4.69, 9.17) is 26.3 Å². The van der Waals surface area contributed by atoms with Gasteiger partial charge in [0.1, 0.15) is 7.38 Å². The van der Waals surface area contributed by atoms with Crippen LogP contribution in [0.15, 0.2) is 24.3 Å². The molecule has 2 N–H and O–H groups in total. The standard InChI is InChI=1S/C12H16N2O2.C3H9ClSi/c13-10-1-3-11(4-2-10)14-6-5-12(9-14)15-7-8-16-12;1-5(2,3)4/h1-4H,5-9,13H2;1-3H3. The molecule has 0 aromatic heterocycles. The Morgan fingerprint density at radius 1 is 1.14 bits per heavy atom. The summed E-state index contributed by atoms with van der Waals surface area (Å²) in [6.45, 7) is 9.50. The van der Waals surface area contributed by atoms with Crippen LogP contribution in [0, 0.1) is 0 Å². The monoisotopic (exact) mass is 328 g/mol. The highest BCUT2D eigenvalue weighted by Crippen LogP contribution is 2.33. The predicted molar refractivity (Wildman–Crippen MR) is 91.5 cm³/mol. The van der Waals surface area contributed by atoms with Crippen LogP contribution in [0.25, 0.3) is 0 Å². The van der Waals surface area contributed by atoms with Gasteiger partial charge in [-0.25, -0.2) is 0 Å². The second kappa shape index (κ2) is 6.56. The molecular weight excluding hydrogens is 304 g/mol. The largest absolute Gasteiger partial charge is 0.399 e. The number of rotatable bonds is 1. The van der Waals surface area contributed by atoms with E-state index in [9.17, 15) is 0 Å². The fraction of sp³-hybridized carbons (Fsp3) is 0.600. The predicted octanol–water partition coefficient (Wildman–Crippen LogP) is 3.28. The van der Waals surface area contributed by atoms with Crippen LogP contribution >= 0.6 is 11.1 Å². The molecule has 6 heteroatoms. The Bertz CT molecular complexity index is 450. The summed E-state index contributed by atoms with van der Waals surface area (Å²) < 4.78 is 11.4. The van der Waals surface area contributed by atoms with Crippen molar-refractivity contribution in [2.45, 2.75) is 31.8 Å². The van der Waals surface area contributed by atoms with Gasteiger partial charge in [-0.1, -0.05) is 19.6 Å². The molecule has 2 saturated heterocycles. The Labute approximate surface area is 132 Å². The molecule has 0 amide bonds. The lowest BCUT2D eigenvalue weighted by Crippen LogP contribution is -2.34. The molecule has 4 nitrogen and oxygen atoms in total. The first-order valence-corrected chi connectivity index (χ1v) is 11.9. The minimum Gasteiger partial charge on any atom is -0.399 e. The Morgan fingerprint density at radius 3 is 2.19 bits per heavy atom. The van der Waals surface area contributed by atoms with Crippen molar-refractivity contribution in [1.82, 2.24) is 0 Å². The van der Waals surface area contributed by atoms with Gasteiger partial charge >= 0.3 is 0 Å². The molecule has 3 rings (SSSR count). The third kappa shape index (κ3) is 5.18. The van der Waals surface area contributed by atoms with Crippen molar-refractivity contribution in [1.29, 1.82) is 0 Å². The molecule has 2 aliphatic rings. The van der Waals surface area contributed by atoms with Crippen LogP contribution in [0.4, 0.5) is 11.4 Å². The number of ether oxygens (including phenoxy) is 2. The van der Waals surface area contributed by atoms with Gasteiger partial charge < -0.3 is 20.1 Å². The first-order valence-electron chi connectivity index (χ1n) is 7.35. The zero-order valence-corrected chi connectivity index (χ0v) is 14.8. The van der Waals surface area contributed by atoms with Crippen molar-refractivity contribution >= 4 is 29.8 Å². The number of nitrogen functional groups attached to an aromatic ring is 1. The highest BCUT2D eigenvalue weighted by molar-refractivity contribution is 7.18. The molecule has 1 spiro atoms. The quantitative estimate of drug-likeness (QED) is 0.488. The van der Waals surface area contributed by atoms with Gasteiger partial charge in [-0.05, 0) is 24.3 Å². The molecule has 0 bridgehead atoms. The molecule has 0 atom stereocenters. The summed E-state index contributed by atoms with van der Waals surface area (Å²) in [7, 11) is -1.14. The van der Waals surface area contributed by atoms with Crippen LogP contribution in [-0.2, 0) is 9.47 Å². The van der Waals surface area contributed by atoms with E-state index in [2.05, 4.69) is 24.5 Å². The summed E-state index contributed by atoms with van der Waals surface area (Å²) >= 11 is 5.67. The molecular formula is C15H25ClN2O2Si. The van der Waals surface area contributed by atoms with Crippen molar-refractivity contribution in [2.75, 3.05) is 36.9 Å². The van der Waals surface area contributed by atoms with Crippen molar-refractivity contribution in [3.05, 3.63) is 24.3 Å². The smallest absolute Gasteiger partial charge is 0.187 e. The van der Waals surface area contributed by atoms with Gasteiger partial charge in [0, 0.05) is 24.3 Å². The van der Waals surface area contributed by atoms with Crippen LogP contribution in [0.1, 0.15) is 6.42 Å². The van der Waals surface area contributed by atoms with E-state index >= 15 is 0 Å². The number of halogens is 1. The first kappa shape index (κ1) is 16.6. The number of anilines is 2. The van der Waals surface area contributed by atoms with Crippen LogP contribution in [0.3, 0.4) is 0 Å². The minimum atomic E-state index is -1.14. The topological polar surface area (TPSA) is 47.7 Å². The molecule has 0 saturated carbocycles. The van der Waals surface area contributed by atoms with Gasteiger partial charge in [-0.2, -0.15) is 11.1 Å².